The van der Waals surface area contributed by atoms with E-state index in [-0.39, 0.29) is 11.7 Å². The van der Waals surface area contributed by atoms with Crippen LogP contribution in [-0.4, -0.2) is 44.0 Å². The molecule has 2 rings (SSSR count). The van der Waals surface area contributed by atoms with Crippen LogP contribution < -0.4 is 5.32 Å². The van der Waals surface area contributed by atoms with Gasteiger partial charge in [0, 0.05) is 24.3 Å². The zero-order valence-corrected chi connectivity index (χ0v) is 16.9. The van der Waals surface area contributed by atoms with Crippen LogP contribution in [0, 0.1) is 0 Å². The van der Waals surface area contributed by atoms with Gasteiger partial charge in [0.1, 0.15) is 5.75 Å². The van der Waals surface area contributed by atoms with Gasteiger partial charge in [0.05, 0.1) is 5.75 Å². The summed E-state index contributed by atoms with van der Waals surface area (Å²) in [5.74, 6) is -1.68. The predicted molar refractivity (Wildman–Crippen MR) is 115 cm³/mol. The Morgan fingerprint density at radius 1 is 0.931 bits per heavy atom. The van der Waals surface area contributed by atoms with Crippen LogP contribution in [0.1, 0.15) is 15.9 Å². The fourth-order valence-corrected chi connectivity index (χ4v) is 3.98. The molecule has 2 aromatic rings. The van der Waals surface area contributed by atoms with Crippen molar-refractivity contribution in [1.29, 1.82) is 0 Å². The lowest BCUT2D eigenvalue weighted by atomic mass is 10.1. The van der Waals surface area contributed by atoms with Gasteiger partial charge in [-0.15, -0.1) is 13.2 Å². The van der Waals surface area contributed by atoms with E-state index in [0.29, 0.717) is 29.9 Å². The Kier molecular flexibility index (Phi) is 7.91. The second-order valence-corrected chi connectivity index (χ2v) is 8.50. The predicted octanol–water partition coefficient (Wildman–Crippen LogP) is 3.05. The average Bonchev–Trinajstić information content (AvgIpc) is 2.67. The number of hydrogen-bond donors (Lipinski definition) is 1. The van der Waals surface area contributed by atoms with E-state index in [4.69, 9.17) is 0 Å². The Morgan fingerprint density at radius 2 is 1.52 bits per heavy atom. The number of carbonyl (C=O) groups excluding carboxylic acids is 2. The number of hydrogen-bond acceptors (Lipinski definition) is 4. The SMILES string of the molecule is C=CCN(CC=C)C(=O)c1ccc(CS(=O)(=O)CC(=O)Nc2ccccc2)cc1. The van der Waals surface area contributed by atoms with Crippen molar-refractivity contribution in [2.45, 2.75) is 5.75 Å². The zero-order chi connectivity index (χ0) is 21.3. The van der Waals surface area contributed by atoms with Gasteiger partial charge in [-0.2, -0.15) is 0 Å². The first-order valence-electron chi connectivity index (χ1n) is 9.00. The quantitative estimate of drug-likeness (QED) is 0.608. The molecule has 152 valence electrons. The van der Waals surface area contributed by atoms with Gasteiger partial charge in [0.25, 0.3) is 5.91 Å². The lowest BCUT2D eigenvalue weighted by molar-refractivity contribution is -0.113. The van der Waals surface area contributed by atoms with Crippen molar-refractivity contribution >= 4 is 27.3 Å². The van der Waals surface area contributed by atoms with Crippen LogP contribution in [0.4, 0.5) is 5.69 Å². The van der Waals surface area contributed by atoms with Crippen LogP contribution in [0.5, 0.6) is 0 Å². The minimum Gasteiger partial charge on any atom is -0.331 e. The maximum atomic E-state index is 12.5. The number of anilines is 1. The van der Waals surface area contributed by atoms with E-state index in [9.17, 15) is 18.0 Å². The highest BCUT2D eigenvalue weighted by Crippen LogP contribution is 2.12. The molecule has 7 heteroatoms. The smallest absolute Gasteiger partial charge is 0.254 e. The fraction of sp³-hybridized carbons (Fsp3) is 0.182. The Labute approximate surface area is 171 Å². The molecule has 29 heavy (non-hydrogen) atoms. The van der Waals surface area contributed by atoms with Crippen LogP contribution in [0.2, 0.25) is 0 Å². The summed E-state index contributed by atoms with van der Waals surface area (Å²) >= 11 is 0. The zero-order valence-electron chi connectivity index (χ0n) is 16.1. The Balaban J connectivity index is 2.00. The molecule has 1 N–H and O–H groups in total. The second kappa shape index (κ2) is 10.4. The number of nitrogens with one attached hydrogen (secondary N) is 1. The molecule has 0 heterocycles. The lowest BCUT2D eigenvalue weighted by Gasteiger charge is -2.19. The highest BCUT2D eigenvalue weighted by Gasteiger charge is 2.19. The summed E-state index contributed by atoms with van der Waals surface area (Å²) in [7, 11) is -3.65. The number of para-hydroxylation sites is 1. The first-order chi connectivity index (χ1) is 13.8. The van der Waals surface area contributed by atoms with Crippen LogP contribution in [0.15, 0.2) is 79.9 Å². The molecular formula is C22H24N2O4S. The second-order valence-electron chi connectivity index (χ2n) is 6.43. The third-order valence-electron chi connectivity index (χ3n) is 3.98. The van der Waals surface area contributed by atoms with Gasteiger partial charge >= 0.3 is 0 Å². The number of rotatable bonds is 10. The fourth-order valence-electron chi connectivity index (χ4n) is 2.70. The van der Waals surface area contributed by atoms with Crippen molar-refractivity contribution in [3.05, 3.63) is 91.0 Å². The summed E-state index contributed by atoms with van der Waals surface area (Å²) in [5.41, 5.74) is 1.49. The third-order valence-corrected chi connectivity index (χ3v) is 5.46. The van der Waals surface area contributed by atoms with Crippen molar-refractivity contribution in [3.8, 4) is 0 Å². The molecule has 0 spiro atoms. The first kappa shape index (κ1) is 22.1. The van der Waals surface area contributed by atoms with E-state index in [1.54, 1.807) is 71.6 Å². The van der Waals surface area contributed by atoms with E-state index in [1.165, 1.54) is 0 Å². The monoisotopic (exact) mass is 412 g/mol. The highest BCUT2D eigenvalue weighted by molar-refractivity contribution is 7.91. The number of nitrogens with zero attached hydrogens (tertiary/aromatic N) is 1. The molecule has 0 saturated carbocycles. The van der Waals surface area contributed by atoms with Gasteiger partial charge in [-0.3, -0.25) is 9.59 Å². The topological polar surface area (TPSA) is 83.6 Å². The Bertz CT molecular complexity index is 958. The molecule has 0 unspecified atom stereocenters. The Morgan fingerprint density at radius 3 is 2.07 bits per heavy atom. The van der Waals surface area contributed by atoms with E-state index in [2.05, 4.69) is 18.5 Å². The molecule has 0 aliphatic heterocycles. The molecule has 2 aromatic carbocycles. The van der Waals surface area contributed by atoms with Crippen molar-refractivity contribution in [2.75, 3.05) is 24.2 Å². The highest BCUT2D eigenvalue weighted by atomic mass is 32.2. The van der Waals surface area contributed by atoms with Gasteiger partial charge in [-0.1, -0.05) is 42.5 Å². The van der Waals surface area contributed by atoms with Crippen molar-refractivity contribution in [1.82, 2.24) is 4.90 Å². The molecular weight excluding hydrogens is 388 g/mol. The van der Waals surface area contributed by atoms with Gasteiger partial charge in [-0.05, 0) is 29.8 Å². The van der Waals surface area contributed by atoms with E-state index in [1.807, 2.05) is 0 Å². The number of sulfone groups is 1. The van der Waals surface area contributed by atoms with Crippen LogP contribution in [0.25, 0.3) is 0 Å². The van der Waals surface area contributed by atoms with Gasteiger partial charge in [-0.25, -0.2) is 8.42 Å². The molecule has 0 radical (unpaired) electrons. The average molecular weight is 413 g/mol. The van der Waals surface area contributed by atoms with Crippen LogP contribution in [-0.2, 0) is 20.4 Å². The number of amides is 2. The molecule has 0 aliphatic carbocycles. The van der Waals surface area contributed by atoms with E-state index >= 15 is 0 Å². The summed E-state index contributed by atoms with van der Waals surface area (Å²) in [6.07, 6.45) is 3.26. The van der Waals surface area contributed by atoms with Crippen LogP contribution >= 0.6 is 0 Å². The maximum absolute atomic E-state index is 12.5. The minimum absolute atomic E-state index is 0.193. The largest absolute Gasteiger partial charge is 0.331 e. The third kappa shape index (κ3) is 7.04. The summed E-state index contributed by atoms with van der Waals surface area (Å²) in [5, 5.41) is 2.56. The normalized spacial score (nSPS) is 10.8. The minimum atomic E-state index is -3.65. The van der Waals surface area contributed by atoms with Crippen LogP contribution in [0.3, 0.4) is 0 Å². The van der Waals surface area contributed by atoms with Gasteiger partial charge < -0.3 is 10.2 Å². The van der Waals surface area contributed by atoms with E-state index < -0.39 is 21.5 Å². The molecule has 0 fully saturated rings. The molecule has 2 amide bonds. The van der Waals surface area contributed by atoms with Gasteiger partial charge in [0.15, 0.2) is 9.84 Å². The van der Waals surface area contributed by atoms with Crippen molar-refractivity contribution < 1.29 is 18.0 Å². The molecule has 0 saturated heterocycles. The van der Waals surface area contributed by atoms with Gasteiger partial charge in [0.2, 0.25) is 5.91 Å². The summed E-state index contributed by atoms with van der Waals surface area (Å²) in [6, 6.07) is 15.0. The molecule has 6 nitrogen and oxygen atoms in total. The molecule has 0 aromatic heterocycles. The molecule has 0 aliphatic rings. The maximum Gasteiger partial charge on any atom is 0.254 e. The standard InChI is InChI=1S/C22H24N2O4S/c1-3-14-24(15-4-2)22(26)19-12-10-18(11-13-19)16-29(27,28)17-21(25)23-20-8-6-5-7-9-20/h3-13H,1-2,14-17H2,(H,23,25). The first-order valence-corrected chi connectivity index (χ1v) is 10.8. The molecule has 0 atom stereocenters. The van der Waals surface area contributed by atoms with Crippen molar-refractivity contribution in [2.24, 2.45) is 0 Å². The number of carbonyl (C=O) groups is 2. The summed E-state index contributed by atoms with van der Waals surface area (Å²) in [6.45, 7) is 8.04. The van der Waals surface area contributed by atoms with E-state index in [0.717, 1.165) is 0 Å². The molecule has 0 bridgehead atoms. The summed E-state index contributed by atoms with van der Waals surface area (Å²) in [4.78, 5) is 26.1. The summed E-state index contributed by atoms with van der Waals surface area (Å²) < 4.78 is 24.7. The Hall–Kier alpha value is -3.19. The lowest BCUT2D eigenvalue weighted by Crippen LogP contribution is -2.31. The number of benzene rings is 2. The van der Waals surface area contributed by atoms with Crippen molar-refractivity contribution in [3.63, 3.8) is 0 Å².